The molecule has 0 radical (unpaired) electrons. The Hall–Kier alpha value is -0.760. The van der Waals surface area contributed by atoms with Crippen LogP contribution in [0.15, 0.2) is 30.3 Å². The summed E-state index contributed by atoms with van der Waals surface area (Å²) in [5, 5.41) is 13.1. The molecule has 5 atom stereocenters. The lowest BCUT2D eigenvalue weighted by Gasteiger charge is -2.43. The van der Waals surface area contributed by atoms with E-state index < -0.39 is 41.0 Å². The van der Waals surface area contributed by atoms with Crippen molar-refractivity contribution >= 4 is 40.9 Å². The number of rotatable bonds is 6. The zero-order valence-corrected chi connectivity index (χ0v) is 17.4. The molecule has 0 spiro atoms. The molecule has 1 aliphatic rings. The van der Waals surface area contributed by atoms with Gasteiger partial charge in [0.15, 0.2) is 6.29 Å². The van der Waals surface area contributed by atoms with E-state index in [-0.39, 0.29) is 5.92 Å². The van der Waals surface area contributed by atoms with Crippen LogP contribution in [0.5, 0.6) is 0 Å². The van der Waals surface area contributed by atoms with Gasteiger partial charge in [-0.05, 0) is 12.0 Å². The molecule has 9 heteroatoms. The molecular formula is C18H24Cl3NO5. The van der Waals surface area contributed by atoms with Crippen LogP contribution in [0.4, 0.5) is 4.79 Å². The second-order valence-corrected chi connectivity index (χ2v) is 8.97. The average molecular weight is 441 g/mol. The molecule has 6 nitrogen and oxygen atoms in total. The highest BCUT2D eigenvalue weighted by molar-refractivity contribution is 6.67. The number of hydrogen-bond donors (Lipinski definition) is 2. The predicted molar refractivity (Wildman–Crippen MR) is 104 cm³/mol. The first kappa shape index (κ1) is 22.5. The van der Waals surface area contributed by atoms with E-state index in [2.05, 4.69) is 5.32 Å². The number of halogens is 3. The van der Waals surface area contributed by atoms with Gasteiger partial charge in [-0.3, -0.25) is 0 Å². The molecule has 1 aliphatic heterocycles. The van der Waals surface area contributed by atoms with Gasteiger partial charge in [0.2, 0.25) is 3.79 Å². The summed E-state index contributed by atoms with van der Waals surface area (Å²) in [4.78, 5) is 12.1. The fourth-order valence-electron chi connectivity index (χ4n) is 2.89. The normalized spacial score (nSPS) is 28.6. The van der Waals surface area contributed by atoms with E-state index in [0.29, 0.717) is 13.0 Å². The Morgan fingerprint density at radius 3 is 2.56 bits per heavy atom. The summed E-state index contributed by atoms with van der Waals surface area (Å²) in [5.74, 6) is -0.329. The average Bonchev–Trinajstić information content (AvgIpc) is 2.63. The van der Waals surface area contributed by atoms with E-state index in [4.69, 9.17) is 49.0 Å². The highest BCUT2D eigenvalue weighted by atomic mass is 35.6. The lowest BCUT2D eigenvalue weighted by molar-refractivity contribution is -0.254. The molecule has 2 rings (SSSR count). The van der Waals surface area contributed by atoms with E-state index in [1.807, 2.05) is 44.2 Å². The van der Waals surface area contributed by atoms with E-state index in [9.17, 15) is 9.90 Å². The number of carbonyl (C=O) groups excluding carboxylic acids is 1. The second kappa shape index (κ2) is 10.1. The van der Waals surface area contributed by atoms with Crippen molar-refractivity contribution in [2.75, 3.05) is 6.61 Å². The monoisotopic (exact) mass is 439 g/mol. The van der Waals surface area contributed by atoms with Crippen molar-refractivity contribution < 1.29 is 24.1 Å². The molecule has 1 amide bonds. The molecule has 27 heavy (non-hydrogen) atoms. The van der Waals surface area contributed by atoms with E-state index in [0.717, 1.165) is 5.56 Å². The number of benzene rings is 1. The number of ether oxygens (including phenoxy) is 3. The minimum absolute atomic E-state index is 0.298. The maximum Gasteiger partial charge on any atom is 0.407 e. The number of nitrogens with one attached hydrogen (secondary N) is 1. The fraction of sp³-hybridized carbons (Fsp3) is 0.611. The van der Waals surface area contributed by atoms with Crippen molar-refractivity contribution in [1.29, 1.82) is 0 Å². The minimum Gasteiger partial charge on any atom is -0.445 e. The van der Waals surface area contributed by atoms with Crippen molar-refractivity contribution in [1.82, 2.24) is 5.32 Å². The zero-order chi connectivity index (χ0) is 20.0. The third-order valence-corrected chi connectivity index (χ3v) is 4.73. The molecule has 1 heterocycles. The van der Waals surface area contributed by atoms with Crippen LogP contribution >= 0.6 is 34.8 Å². The number of carbonyl (C=O) groups is 1. The van der Waals surface area contributed by atoms with Gasteiger partial charge in [-0.1, -0.05) is 79.0 Å². The Kier molecular flexibility index (Phi) is 8.46. The summed E-state index contributed by atoms with van der Waals surface area (Å²) >= 11 is 16.8. The standard InChI is InChI=1S/C18H24Cl3NO5/c1-3-13-15(23)11(2)14(22-17(24)26-10-18(19,20)21)16(27-13)25-9-12-7-5-4-6-8-12/h4-8,11,13-16,23H,3,9-10H2,1-2H3,(H,22,24)/t11-,13?,14?,15+,16-/m1/s1. The third kappa shape index (κ3) is 6.97. The number of hydrogen-bond acceptors (Lipinski definition) is 5. The topological polar surface area (TPSA) is 77.0 Å². The quantitative estimate of drug-likeness (QED) is 0.658. The van der Waals surface area contributed by atoms with Gasteiger partial charge in [0.25, 0.3) is 0 Å². The van der Waals surface area contributed by atoms with Gasteiger partial charge in [-0.25, -0.2) is 4.79 Å². The Balaban J connectivity index is 2.04. The Labute approximate surface area is 174 Å². The SMILES string of the molecule is CCC1O[C@@H](OCc2ccccc2)C(NC(=O)OCC(Cl)(Cl)Cl)[C@@H](C)[C@@H]1O. The smallest absolute Gasteiger partial charge is 0.407 e. The number of amides is 1. The molecule has 1 aromatic rings. The van der Waals surface area contributed by atoms with Gasteiger partial charge in [-0.15, -0.1) is 0 Å². The maximum atomic E-state index is 12.1. The highest BCUT2D eigenvalue weighted by Crippen LogP contribution is 2.29. The number of aliphatic hydroxyl groups is 1. The molecule has 152 valence electrons. The predicted octanol–water partition coefficient (Wildman–Crippen LogP) is 3.80. The van der Waals surface area contributed by atoms with Crippen LogP contribution in [0, 0.1) is 5.92 Å². The van der Waals surface area contributed by atoms with Crippen LogP contribution in [0.2, 0.25) is 0 Å². The third-order valence-electron chi connectivity index (χ3n) is 4.40. The molecule has 0 saturated carbocycles. The van der Waals surface area contributed by atoms with Crippen molar-refractivity contribution in [2.24, 2.45) is 5.92 Å². The van der Waals surface area contributed by atoms with Crippen LogP contribution in [0.3, 0.4) is 0 Å². The van der Waals surface area contributed by atoms with Gasteiger partial charge >= 0.3 is 6.09 Å². The van der Waals surface area contributed by atoms with Crippen molar-refractivity contribution in [3.63, 3.8) is 0 Å². The molecule has 1 fully saturated rings. The van der Waals surface area contributed by atoms with Crippen molar-refractivity contribution in [3.8, 4) is 0 Å². The van der Waals surface area contributed by atoms with Crippen LogP contribution in [0.25, 0.3) is 0 Å². The van der Waals surface area contributed by atoms with E-state index >= 15 is 0 Å². The van der Waals surface area contributed by atoms with Gasteiger partial charge < -0.3 is 24.6 Å². The summed E-state index contributed by atoms with van der Waals surface area (Å²) in [5.41, 5.74) is 0.963. The summed E-state index contributed by atoms with van der Waals surface area (Å²) in [6.07, 6.45) is -2.08. The molecular weight excluding hydrogens is 417 g/mol. The molecule has 2 unspecified atom stereocenters. The Morgan fingerprint density at radius 2 is 1.96 bits per heavy atom. The van der Waals surface area contributed by atoms with Crippen LogP contribution in [0.1, 0.15) is 25.8 Å². The lowest BCUT2D eigenvalue weighted by Crippen LogP contribution is -2.60. The van der Waals surface area contributed by atoms with Gasteiger partial charge in [-0.2, -0.15) is 0 Å². The molecule has 2 N–H and O–H groups in total. The summed E-state index contributed by atoms with van der Waals surface area (Å²) in [7, 11) is 0. The lowest BCUT2D eigenvalue weighted by atomic mass is 9.88. The van der Waals surface area contributed by atoms with Gasteiger partial charge in [0.1, 0.15) is 6.61 Å². The molecule has 0 aliphatic carbocycles. The largest absolute Gasteiger partial charge is 0.445 e. The first-order valence-corrected chi connectivity index (χ1v) is 9.83. The summed E-state index contributed by atoms with van der Waals surface area (Å²) in [6.45, 7) is 3.62. The highest BCUT2D eigenvalue weighted by Gasteiger charge is 2.44. The van der Waals surface area contributed by atoms with Crippen molar-refractivity contribution in [2.45, 2.75) is 55.2 Å². The van der Waals surface area contributed by atoms with Crippen LogP contribution in [-0.4, -0.2) is 46.1 Å². The number of aliphatic hydroxyl groups excluding tert-OH is 1. The molecule has 0 aromatic heterocycles. The molecule has 1 aromatic carbocycles. The second-order valence-electron chi connectivity index (χ2n) is 6.46. The van der Waals surface area contributed by atoms with Gasteiger partial charge in [0, 0.05) is 5.92 Å². The zero-order valence-electron chi connectivity index (χ0n) is 15.1. The Morgan fingerprint density at radius 1 is 1.30 bits per heavy atom. The maximum absolute atomic E-state index is 12.1. The summed E-state index contributed by atoms with van der Waals surface area (Å²) < 4.78 is 15.0. The van der Waals surface area contributed by atoms with Gasteiger partial charge in [0.05, 0.1) is 24.9 Å². The molecule has 1 saturated heterocycles. The Bertz CT molecular complexity index is 598. The minimum atomic E-state index is -1.71. The summed E-state index contributed by atoms with van der Waals surface area (Å²) in [6, 6.07) is 8.95. The number of alkyl halides is 3. The van der Waals surface area contributed by atoms with Crippen molar-refractivity contribution in [3.05, 3.63) is 35.9 Å². The number of alkyl carbamates (subject to hydrolysis) is 1. The first-order chi connectivity index (χ1) is 12.7. The van der Waals surface area contributed by atoms with Crippen LogP contribution in [-0.2, 0) is 20.8 Å². The fourth-order valence-corrected chi connectivity index (χ4v) is 3.06. The first-order valence-electron chi connectivity index (χ1n) is 8.70. The van der Waals surface area contributed by atoms with E-state index in [1.165, 1.54) is 0 Å². The van der Waals surface area contributed by atoms with Crippen LogP contribution < -0.4 is 5.32 Å². The van der Waals surface area contributed by atoms with E-state index in [1.54, 1.807) is 0 Å². The molecule has 0 bridgehead atoms.